The summed E-state index contributed by atoms with van der Waals surface area (Å²) in [6.07, 6.45) is 9.66. The first kappa shape index (κ1) is 12.4. The van der Waals surface area contributed by atoms with Gasteiger partial charge in [-0.05, 0) is 50.5 Å². The standard InChI is InChI=1S/C14H27NO/c1-12-3-2-4-14(6-5-12)15-9-7-13-8-10-16-11-13/h12-15H,2-11H2,1H3. The fraction of sp³-hybridized carbons (Fsp3) is 1.00. The Balaban J connectivity index is 1.57. The average molecular weight is 225 g/mol. The second-order valence-electron chi connectivity index (χ2n) is 5.78. The molecule has 0 aromatic rings. The lowest BCUT2D eigenvalue weighted by atomic mass is 10.0. The van der Waals surface area contributed by atoms with Crippen molar-refractivity contribution in [3.63, 3.8) is 0 Å². The largest absolute Gasteiger partial charge is 0.381 e. The Morgan fingerprint density at radius 3 is 2.88 bits per heavy atom. The first-order chi connectivity index (χ1) is 7.84. The van der Waals surface area contributed by atoms with Crippen molar-refractivity contribution in [3.8, 4) is 0 Å². The van der Waals surface area contributed by atoms with E-state index < -0.39 is 0 Å². The molecule has 1 heterocycles. The van der Waals surface area contributed by atoms with Gasteiger partial charge in [0.1, 0.15) is 0 Å². The van der Waals surface area contributed by atoms with Crippen molar-refractivity contribution in [2.24, 2.45) is 11.8 Å². The number of ether oxygens (including phenoxy) is 1. The van der Waals surface area contributed by atoms with E-state index in [1.54, 1.807) is 0 Å². The van der Waals surface area contributed by atoms with Crippen molar-refractivity contribution in [1.29, 1.82) is 0 Å². The second-order valence-corrected chi connectivity index (χ2v) is 5.78. The van der Waals surface area contributed by atoms with Gasteiger partial charge < -0.3 is 10.1 Å². The van der Waals surface area contributed by atoms with Crippen molar-refractivity contribution in [2.75, 3.05) is 19.8 Å². The van der Waals surface area contributed by atoms with Gasteiger partial charge >= 0.3 is 0 Å². The fourth-order valence-corrected chi connectivity index (χ4v) is 2.99. The molecule has 2 heteroatoms. The van der Waals surface area contributed by atoms with Crippen LogP contribution in [0.2, 0.25) is 0 Å². The minimum atomic E-state index is 0.798. The molecule has 1 N–H and O–H groups in total. The van der Waals surface area contributed by atoms with Crippen LogP contribution in [0, 0.1) is 11.8 Å². The van der Waals surface area contributed by atoms with Gasteiger partial charge in [-0.2, -0.15) is 0 Å². The molecule has 16 heavy (non-hydrogen) atoms. The molecule has 2 nitrogen and oxygen atoms in total. The van der Waals surface area contributed by atoms with Crippen LogP contribution in [-0.2, 0) is 4.74 Å². The van der Waals surface area contributed by atoms with Gasteiger partial charge in [0.05, 0.1) is 0 Å². The molecule has 2 fully saturated rings. The average Bonchev–Trinajstić information content (AvgIpc) is 2.70. The van der Waals surface area contributed by atoms with E-state index in [0.717, 1.165) is 31.1 Å². The van der Waals surface area contributed by atoms with Gasteiger partial charge in [-0.25, -0.2) is 0 Å². The Morgan fingerprint density at radius 1 is 1.12 bits per heavy atom. The number of rotatable bonds is 4. The van der Waals surface area contributed by atoms with Crippen LogP contribution < -0.4 is 5.32 Å². The van der Waals surface area contributed by atoms with E-state index in [0.29, 0.717) is 0 Å². The maximum absolute atomic E-state index is 5.41. The molecule has 0 radical (unpaired) electrons. The SMILES string of the molecule is CC1CCCC(NCCC2CCOC2)CC1. The van der Waals surface area contributed by atoms with E-state index in [4.69, 9.17) is 4.74 Å². The van der Waals surface area contributed by atoms with Crippen molar-refractivity contribution in [2.45, 2.75) is 57.9 Å². The summed E-state index contributed by atoms with van der Waals surface area (Å²) in [7, 11) is 0. The van der Waals surface area contributed by atoms with Crippen molar-refractivity contribution >= 4 is 0 Å². The van der Waals surface area contributed by atoms with Crippen LogP contribution >= 0.6 is 0 Å². The van der Waals surface area contributed by atoms with Gasteiger partial charge in [0.15, 0.2) is 0 Å². The van der Waals surface area contributed by atoms with Crippen molar-refractivity contribution in [1.82, 2.24) is 5.32 Å². The highest BCUT2D eigenvalue weighted by Gasteiger charge is 2.18. The molecule has 1 saturated heterocycles. The summed E-state index contributed by atoms with van der Waals surface area (Å²) < 4.78 is 5.41. The predicted octanol–water partition coefficient (Wildman–Crippen LogP) is 2.97. The lowest BCUT2D eigenvalue weighted by Gasteiger charge is -2.17. The molecule has 94 valence electrons. The van der Waals surface area contributed by atoms with Crippen LogP contribution in [0.25, 0.3) is 0 Å². The third kappa shape index (κ3) is 4.06. The summed E-state index contributed by atoms with van der Waals surface area (Å²) in [5.41, 5.74) is 0. The van der Waals surface area contributed by atoms with Crippen molar-refractivity contribution < 1.29 is 4.74 Å². The minimum Gasteiger partial charge on any atom is -0.381 e. The van der Waals surface area contributed by atoms with E-state index in [2.05, 4.69) is 12.2 Å². The zero-order valence-corrected chi connectivity index (χ0v) is 10.7. The van der Waals surface area contributed by atoms with Crippen LogP contribution in [0.5, 0.6) is 0 Å². The van der Waals surface area contributed by atoms with Gasteiger partial charge in [0, 0.05) is 19.3 Å². The lowest BCUT2D eigenvalue weighted by Crippen LogP contribution is -2.30. The van der Waals surface area contributed by atoms with Crippen LogP contribution in [0.1, 0.15) is 51.9 Å². The van der Waals surface area contributed by atoms with Crippen LogP contribution in [0.15, 0.2) is 0 Å². The highest BCUT2D eigenvalue weighted by atomic mass is 16.5. The summed E-state index contributed by atoms with van der Waals surface area (Å²) in [6.45, 7) is 5.60. The smallest absolute Gasteiger partial charge is 0.0495 e. The van der Waals surface area contributed by atoms with E-state index in [9.17, 15) is 0 Å². The highest BCUT2D eigenvalue weighted by Crippen LogP contribution is 2.23. The molecule has 2 rings (SSSR count). The van der Waals surface area contributed by atoms with E-state index in [1.807, 2.05) is 0 Å². The minimum absolute atomic E-state index is 0.798. The number of hydrogen-bond acceptors (Lipinski definition) is 2. The van der Waals surface area contributed by atoms with Gasteiger partial charge in [-0.15, -0.1) is 0 Å². The summed E-state index contributed by atoms with van der Waals surface area (Å²) in [4.78, 5) is 0. The monoisotopic (exact) mass is 225 g/mol. The Kier molecular flexibility index (Phi) is 5.11. The molecule has 1 aliphatic heterocycles. The topological polar surface area (TPSA) is 21.3 Å². The van der Waals surface area contributed by atoms with Gasteiger partial charge in [0.25, 0.3) is 0 Å². The number of nitrogens with one attached hydrogen (secondary N) is 1. The summed E-state index contributed by atoms with van der Waals surface area (Å²) in [5.74, 6) is 1.78. The molecular formula is C14H27NO. The zero-order chi connectivity index (χ0) is 11.2. The van der Waals surface area contributed by atoms with Gasteiger partial charge in [-0.3, -0.25) is 0 Å². The third-order valence-electron chi connectivity index (χ3n) is 4.27. The van der Waals surface area contributed by atoms with Crippen molar-refractivity contribution in [3.05, 3.63) is 0 Å². The third-order valence-corrected chi connectivity index (χ3v) is 4.27. The molecule has 1 aliphatic carbocycles. The Hall–Kier alpha value is -0.0800. The molecule has 0 aromatic carbocycles. The fourth-order valence-electron chi connectivity index (χ4n) is 2.99. The Bertz CT molecular complexity index is 189. The molecule has 0 spiro atoms. The summed E-state index contributed by atoms with van der Waals surface area (Å²) in [6, 6.07) is 0.798. The van der Waals surface area contributed by atoms with Gasteiger partial charge in [-0.1, -0.05) is 19.8 Å². The van der Waals surface area contributed by atoms with E-state index in [1.165, 1.54) is 51.5 Å². The van der Waals surface area contributed by atoms with Gasteiger partial charge in [0.2, 0.25) is 0 Å². The maximum Gasteiger partial charge on any atom is 0.0495 e. The van der Waals surface area contributed by atoms with Crippen LogP contribution in [0.3, 0.4) is 0 Å². The van der Waals surface area contributed by atoms with Crippen LogP contribution in [0.4, 0.5) is 0 Å². The van der Waals surface area contributed by atoms with E-state index in [-0.39, 0.29) is 0 Å². The summed E-state index contributed by atoms with van der Waals surface area (Å²) in [5, 5.41) is 3.75. The molecule has 3 atom stereocenters. The maximum atomic E-state index is 5.41. The Morgan fingerprint density at radius 2 is 2.06 bits per heavy atom. The van der Waals surface area contributed by atoms with Crippen LogP contribution in [-0.4, -0.2) is 25.8 Å². The molecule has 0 aromatic heterocycles. The highest BCUT2D eigenvalue weighted by molar-refractivity contribution is 4.74. The van der Waals surface area contributed by atoms with E-state index >= 15 is 0 Å². The molecule has 3 unspecified atom stereocenters. The molecule has 2 aliphatic rings. The second kappa shape index (κ2) is 6.61. The molecule has 0 bridgehead atoms. The Labute approximate surface area is 100 Å². The normalized spacial score (nSPS) is 36.2. The summed E-state index contributed by atoms with van der Waals surface area (Å²) >= 11 is 0. The lowest BCUT2D eigenvalue weighted by molar-refractivity contribution is 0.184. The number of hydrogen-bond donors (Lipinski definition) is 1. The first-order valence-electron chi connectivity index (χ1n) is 7.15. The molecule has 1 saturated carbocycles. The zero-order valence-electron chi connectivity index (χ0n) is 10.7. The molecule has 0 amide bonds. The molecular weight excluding hydrogens is 198 g/mol. The predicted molar refractivity (Wildman–Crippen MR) is 67.6 cm³/mol. The quantitative estimate of drug-likeness (QED) is 0.743. The first-order valence-corrected chi connectivity index (χ1v) is 7.15.